The number of amides is 3. The van der Waals surface area contributed by atoms with Gasteiger partial charge < -0.3 is 61.2 Å². The van der Waals surface area contributed by atoms with Crippen molar-refractivity contribution in [1.82, 2.24) is 36.0 Å². The number of para-hydroxylation sites is 2. The van der Waals surface area contributed by atoms with Gasteiger partial charge in [0.1, 0.15) is 29.7 Å². The highest BCUT2D eigenvalue weighted by Gasteiger charge is 2.59. The van der Waals surface area contributed by atoms with Crippen LogP contribution in [0.25, 0.3) is 22.3 Å². The van der Waals surface area contributed by atoms with Crippen LogP contribution in [0.5, 0.6) is 11.5 Å². The summed E-state index contributed by atoms with van der Waals surface area (Å²) in [5, 5.41) is 45.9. The Bertz CT molecular complexity index is 3790. The summed E-state index contributed by atoms with van der Waals surface area (Å²) in [6, 6.07) is 29.5. The van der Waals surface area contributed by atoms with Crippen molar-refractivity contribution in [3.63, 3.8) is 0 Å². The number of rotatable bonds is 28. The maximum absolute atomic E-state index is 14.3. The molecule has 20 heteroatoms. The van der Waals surface area contributed by atoms with Gasteiger partial charge in [0.25, 0.3) is 5.91 Å². The molecule has 0 radical (unpaired) electrons. The number of nitrogens with two attached hydrogens (primary N) is 1. The Hall–Kier alpha value is -6.72. The maximum atomic E-state index is 14.3. The molecule has 20 nitrogen and oxygen atoms in total. The lowest BCUT2D eigenvalue weighted by Crippen LogP contribution is -2.62. The molecule has 4 bridgehead atoms. The number of likely N-dealkylation sites (N-methyl/N-ethyl adjacent to an activating group) is 1. The summed E-state index contributed by atoms with van der Waals surface area (Å²) >= 11 is 0. The minimum absolute atomic E-state index is 0.0445. The molecule has 14 rings (SSSR count). The van der Waals surface area contributed by atoms with Crippen LogP contribution in [0.1, 0.15) is 159 Å². The number of carbonyl (C=O) groups excluding carboxylic acids is 3. The number of hydrogen-bond donors (Lipinski definition) is 7. The van der Waals surface area contributed by atoms with Crippen LogP contribution in [-0.4, -0.2) is 184 Å². The molecular weight excluding hydrogens is 1330 g/mol. The Morgan fingerprint density at radius 1 is 0.651 bits per heavy atom. The van der Waals surface area contributed by atoms with Gasteiger partial charge in [-0.15, -0.1) is 0 Å². The number of hydrogen-bond acceptors (Lipinski definition) is 17. The summed E-state index contributed by atoms with van der Waals surface area (Å²) in [5.41, 5.74) is 17.2. The number of anilines is 2. The van der Waals surface area contributed by atoms with E-state index in [2.05, 4.69) is 137 Å². The highest BCUT2D eigenvalue weighted by Crippen LogP contribution is 2.62. The average molecular weight is 1460 g/mol. The van der Waals surface area contributed by atoms with E-state index in [0.717, 1.165) is 114 Å². The first kappa shape index (κ1) is 80.3. The summed E-state index contributed by atoms with van der Waals surface area (Å²) in [7, 11) is 15.5. The molecule has 9 fully saturated rings. The van der Waals surface area contributed by atoms with E-state index in [0.29, 0.717) is 64.7 Å². The van der Waals surface area contributed by atoms with Crippen molar-refractivity contribution >= 4 is 29.1 Å². The van der Waals surface area contributed by atoms with Crippen LogP contribution in [0.3, 0.4) is 0 Å². The molecule has 3 heterocycles. The molecule has 3 amide bonds. The van der Waals surface area contributed by atoms with E-state index in [1.54, 1.807) is 38.2 Å². The molecular formula is C86H126N10O10. The van der Waals surface area contributed by atoms with Gasteiger partial charge in [-0.05, 0) is 204 Å². The molecule has 106 heavy (non-hydrogen) atoms. The lowest BCUT2D eigenvalue weighted by atomic mass is 9.45. The Morgan fingerprint density at radius 3 is 1.62 bits per heavy atom. The van der Waals surface area contributed by atoms with Crippen LogP contribution in [0.4, 0.5) is 11.4 Å². The highest BCUT2D eigenvalue weighted by molar-refractivity contribution is 5.97. The Labute approximate surface area is 632 Å². The molecule has 5 aromatic rings. The quantitative estimate of drug-likeness (QED) is 0.0230. The Balaban J connectivity index is 0.000000212. The molecule has 7 aliphatic carbocycles. The fraction of sp³-hybridized carbons (Fsp3) is 0.628. The normalized spacial score (nSPS) is 28.2. The summed E-state index contributed by atoms with van der Waals surface area (Å²) in [6.45, 7) is 18.5. The van der Waals surface area contributed by atoms with Gasteiger partial charge in [0, 0.05) is 122 Å². The minimum atomic E-state index is -0.893. The van der Waals surface area contributed by atoms with Crippen molar-refractivity contribution in [3.05, 3.63) is 125 Å². The molecule has 2 aliphatic heterocycles. The van der Waals surface area contributed by atoms with E-state index in [9.17, 15) is 29.7 Å². The van der Waals surface area contributed by atoms with E-state index in [1.165, 1.54) is 37.7 Å². The third-order valence-electron chi connectivity index (χ3n) is 26.2. The number of aryl methyl sites for hydroxylation is 2. The smallest absolute Gasteiger partial charge is 0.251 e. The summed E-state index contributed by atoms with van der Waals surface area (Å²) in [5.74, 6) is 3.40. The number of benzene rings is 4. The van der Waals surface area contributed by atoms with Gasteiger partial charge in [0.05, 0.1) is 52.2 Å². The fourth-order valence-electron chi connectivity index (χ4n) is 19.8. The number of aliphatic hydroxyl groups excluding tert-OH is 3. The summed E-state index contributed by atoms with van der Waals surface area (Å²) < 4.78 is 12.3. The molecule has 580 valence electrons. The number of nitrogens with one attached hydrogen (secondary N) is 3. The zero-order valence-corrected chi connectivity index (χ0v) is 66.3. The molecule has 0 unspecified atom stereocenters. The zero-order valence-electron chi connectivity index (χ0n) is 66.3. The second-order valence-corrected chi connectivity index (χ2v) is 34.2. The second kappa shape index (κ2) is 34.5. The molecule has 2 saturated heterocycles. The number of ether oxygens (including phenoxy) is 2. The van der Waals surface area contributed by atoms with Gasteiger partial charge in [0.2, 0.25) is 11.8 Å². The van der Waals surface area contributed by atoms with Gasteiger partial charge in [-0.3, -0.25) is 29.0 Å². The van der Waals surface area contributed by atoms with Crippen LogP contribution >= 0.6 is 0 Å². The van der Waals surface area contributed by atoms with E-state index < -0.39 is 48.3 Å². The Kier molecular flexibility index (Phi) is 26.1. The number of nitrogens with zero attached hydrogens (tertiary/aromatic N) is 6. The van der Waals surface area contributed by atoms with Crippen LogP contribution < -0.4 is 41.0 Å². The molecule has 7 saturated carbocycles. The van der Waals surface area contributed by atoms with Crippen LogP contribution in [0.15, 0.2) is 97.2 Å². The van der Waals surface area contributed by atoms with E-state index in [4.69, 9.17) is 24.9 Å². The lowest BCUT2D eigenvalue weighted by molar-refractivity contribution is -0.183. The van der Waals surface area contributed by atoms with Crippen molar-refractivity contribution in [3.8, 4) is 33.8 Å². The average Bonchev–Trinajstić information content (AvgIpc) is 0.810. The standard InChI is InChI=1S/C44H67N5O6.C42H59N5O4/c1-26-35-21-32(44(35,3)4)22-36(26)45-43(53)40-39(27(2)51)38(25-50)55-49(40)23-29-16-13-17-34(41(29)54-9)30-18-31(20-33(19-30)48(7)8)42(52)46-37(24-47(5)6)28-14-11-10-12-15-28;1-26-35-22-31(42(35,3)4)23-36(26)45-41(49)39-38(27(2)48)37(24-43)51-47(39)25-29-14-12-17-34(40(29)50-7)30-19-28(20-33(21-30)46(5)6)13-8-9-15-32-16-10-11-18-44-32/h13,16-20,26-28,32,35-40,50-51H,10-12,14-15,21-25H2,1-9H3,(H,45,53)(H,46,52);10-12,14,16-21,26-27,31,35-39,48H,8-9,13,15,22-25,43H2,1-7H3,(H,45,49)/t26-,27-,32+,35-,36-,37+,38-,39+,40-;26-,27-,31+,35-,36-,37-,38+,39-/m00/s1. The predicted molar refractivity (Wildman–Crippen MR) is 420 cm³/mol. The summed E-state index contributed by atoms with van der Waals surface area (Å²) in [4.78, 5) is 66.1. The van der Waals surface area contributed by atoms with Gasteiger partial charge in [-0.2, -0.15) is 10.1 Å². The second-order valence-electron chi connectivity index (χ2n) is 34.2. The Morgan fingerprint density at radius 2 is 1.16 bits per heavy atom. The number of methoxy groups -OCH3 is 2. The molecule has 1 aromatic heterocycles. The van der Waals surface area contributed by atoms with Crippen molar-refractivity contribution in [1.29, 1.82) is 0 Å². The number of unbranched alkanes of at least 4 members (excludes halogenated alkanes) is 1. The largest absolute Gasteiger partial charge is 0.496 e. The number of fused-ring (bicyclic) bond motifs is 4. The number of aliphatic hydroxyl groups is 3. The third kappa shape index (κ3) is 17.3. The predicted octanol–water partition coefficient (Wildman–Crippen LogP) is 11.3. The first-order valence-electron chi connectivity index (χ1n) is 39.5. The van der Waals surface area contributed by atoms with E-state index in [1.807, 2.05) is 79.8 Å². The number of aromatic nitrogens is 1. The van der Waals surface area contributed by atoms with Gasteiger partial charge in [-0.1, -0.05) is 109 Å². The van der Waals surface area contributed by atoms with Gasteiger partial charge >= 0.3 is 0 Å². The number of carbonyl (C=O) groups is 3. The third-order valence-corrected chi connectivity index (χ3v) is 26.2. The van der Waals surface area contributed by atoms with Crippen molar-refractivity contribution < 1.29 is 48.9 Å². The van der Waals surface area contributed by atoms with Gasteiger partial charge in [-0.25, -0.2) is 0 Å². The van der Waals surface area contributed by atoms with Crippen LogP contribution in [0.2, 0.25) is 0 Å². The van der Waals surface area contributed by atoms with E-state index in [-0.39, 0.29) is 61.0 Å². The number of hydroxylamine groups is 4. The number of pyridine rings is 1. The van der Waals surface area contributed by atoms with E-state index >= 15 is 0 Å². The molecule has 17 atom stereocenters. The first-order chi connectivity index (χ1) is 50.6. The van der Waals surface area contributed by atoms with Crippen LogP contribution in [0, 0.1) is 64.1 Å². The monoisotopic (exact) mass is 1460 g/mol. The van der Waals surface area contributed by atoms with Crippen molar-refractivity contribution in [2.45, 2.75) is 207 Å². The summed E-state index contributed by atoms with van der Waals surface area (Å²) in [6.07, 6.45) is 13.3. The maximum Gasteiger partial charge on any atom is 0.251 e. The highest BCUT2D eigenvalue weighted by atomic mass is 16.7. The SMILES string of the molecule is COc1c(CN2O[C@@H](CN)[C@@H]([C@H](C)O)[C@H]2C(=O)N[C@H]2C[C@H]3C[C@@H]([C@@H]2C)C3(C)C)cccc1-c1cc(CCCCc2ccccn2)cc(N(C)C)c1.COc1c(CN2O[C@@H](CO)[C@@H]([C@H](C)O)[C@H]2C(=O)N[C@H]2C[C@H]3C[C@@H]([C@@H]2C)C3(C)C)cccc1-c1cc(C(=O)N[C@H](CN(C)C)C2CCCCC2)cc(N(C)C)c1. The van der Waals surface area contributed by atoms with Crippen LogP contribution in [-0.2, 0) is 45.2 Å². The molecule has 0 spiro atoms. The lowest BCUT2D eigenvalue weighted by Gasteiger charge is -2.62. The molecule has 4 aromatic carbocycles. The van der Waals surface area contributed by atoms with Crippen molar-refractivity contribution in [2.75, 3.05) is 86.0 Å². The topological polar surface area (TPSA) is 240 Å². The first-order valence-corrected chi connectivity index (χ1v) is 39.5. The van der Waals surface area contributed by atoms with Gasteiger partial charge in [0.15, 0.2) is 0 Å². The minimum Gasteiger partial charge on any atom is -0.496 e. The molecule has 9 aliphatic rings. The molecule has 8 N–H and O–H groups in total. The van der Waals surface area contributed by atoms with Crippen molar-refractivity contribution in [2.24, 2.45) is 69.8 Å². The zero-order chi connectivity index (χ0) is 76.2. The fourth-order valence-corrected chi connectivity index (χ4v) is 19.8.